The van der Waals surface area contributed by atoms with Gasteiger partial charge in [0.2, 0.25) is 0 Å². The minimum absolute atomic E-state index is 0.144. The van der Waals surface area contributed by atoms with Crippen molar-refractivity contribution in [1.82, 2.24) is 9.88 Å². The molecule has 0 spiro atoms. The molecule has 0 aliphatic carbocycles. The predicted molar refractivity (Wildman–Crippen MR) is 113 cm³/mol. The van der Waals surface area contributed by atoms with E-state index in [1.807, 2.05) is 47.8 Å². The Morgan fingerprint density at radius 1 is 1.18 bits per heavy atom. The number of anilines is 1. The van der Waals surface area contributed by atoms with Crippen molar-refractivity contribution in [2.75, 3.05) is 24.7 Å². The zero-order chi connectivity index (χ0) is 21.3. The molecule has 1 aromatic rings. The molecule has 0 unspecified atom stereocenters. The average Bonchev–Trinajstić information content (AvgIpc) is 3.16. The summed E-state index contributed by atoms with van der Waals surface area (Å²) in [5.74, 6) is 0. The quantitative estimate of drug-likeness (QED) is 0.607. The van der Waals surface area contributed by atoms with Crippen molar-refractivity contribution in [2.45, 2.75) is 75.8 Å². The van der Waals surface area contributed by atoms with Crippen LogP contribution in [0.4, 0.5) is 14.7 Å². The first-order chi connectivity index (χ1) is 12.8. The summed E-state index contributed by atoms with van der Waals surface area (Å²) >= 11 is 3.00. The van der Waals surface area contributed by atoms with Crippen molar-refractivity contribution < 1.29 is 19.1 Å². The normalized spacial score (nSPS) is 17.6. The second-order valence-corrected chi connectivity index (χ2v) is 10.8. The number of nitrogens with zero attached hydrogens (tertiary/aromatic N) is 3. The zero-order valence-corrected chi connectivity index (χ0v) is 19.6. The first kappa shape index (κ1) is 22.8. The van der Waals surface area contributed by atoms with Gasteiger partial charge in [0.15, 0.2) is 5.13 Å². The highest BCUT2D eigenvalue weighted by Crippen LogP contribution is 2.42. The molecule has 1 saturated heterocycles. The van der Waals surface area contributed by atoms with Gasteiger partial charge in [0.1, 0.15) is 11.2 Å². The number of ether oxygens (including phenoxy) is 2. The summed E-state index contributed by atoms with van der Waals surface area (Å²) < 4.78 is 12.0. The van der Waals surface area contributed by atoms with Gasteiger partial charge >= 0.3 is 12.2 Å². The van der Waals surface area contributed by atoms with Crippen LogP contribution in [0.1, 0.15) is 66.1 Å². The lowest BCUT2D eigenvalue weighted by molar-refractivity contribution is 0.0219. The number of rotatable bonds is 3. The number of amides is 2. The monoisotopic (exact) mass is 429 g/mol. The summed E-state index contributed by atoms with van der Waals surface area (Å²) in [6.07, 6.45) is 2.92. The SMILES string of the molecule is CSc1sc(N(C)C(=O)OC(C)(C)C)nc1[C@H]1CCCN1C(=O)OC(C)(C)C. The summed E-state index contributed by atoms with van der Waals surface area (Å²) in [7, 11) is 1.65. The van der Waals surface area contributed by atoms with Crippen molar-refractivity contribution in [3.8, 4) is 0 Å². The van der Waals surface area contributed by atoms with E-state index in [-0.39, 0.29) is 12.1 Å². The standard InChI is InChI=1S/C19H31N3O4S2/c1-18(2,3)25-16(23)21(7)15-20-13(14(27-8)28-15)12-10-9-11-22(12)17(24)26-19(4,5)6/h12H,9-11H2,1-8H3/t12-/m1/s1. The van der Waals surface area contributed by atoms with Crippen LogP contribution in [0.2, 0.25) is 0 Å². The van der Waals surface area contributed by atoms with Gasteiger partial charge in [-0.05, 0) is 60.6 Å². The van der Waals surface area contributed by atoms with Crippen molar-refractivity contribution in [3.63, 3.8) is 0 Å². The molecule has 1 atom stereocenters. The highest BCUT2D eigenvalue weighted by Gasteiger charge is 2.37. The van der Waals surface area contributed by atoms with E-state index < -0.39 is 17.3 Å². The minimum Gasteiger partial charge on any atom is -0.444 e. The maximum Gasteiger partial charge on any atom is 0.416 e. The fourth-order valence-corrected chi connectivity index (χ4v) is 4.56. The molecule has 1 aromatic heterocycles. The highest BCUT2D eigenvalue weighted by molar-refractivity contribution is 8.00. The van der Waals surface area contributed by atoms with Gasteiger partial charge in [-0.2, -0.15) is 0 Å². The summed E-state index contributed by atoms with van der Waals surface area (Å²) in [6, 6.07) is -0.144. The predicted octanol–water partition coefficient (Wildman–Crippen LogP) is 5.31. The Morgan fingerprint density at radius 2 is 1.79 bits per heavy atom. The van der Waals surface area contributed by atoms with Crippen LogP contribution in [-0.2, 0) is 9.47 Å². The molecule has 0 N–H and O–H groups in total. The van der Waals surface area contributed by atoms with Crippen LogP contribution in [0.5, 0.6) is 0 Å². The molecule has 1 aliphatic heterocycles. The molecule has 2 heterocycles. The lowest BCUT2D eigenvalue weighted by Gasteiger charge is -2.28. The number of aromatic nitrogens is 1. The highest BCUT2D eigenvalue weighted by atomic mass is 32.2. The number of hydrogen-bond acceptors (Lipinski definition) is 7. The van der Waals surface area contributed by atoms with Crippen LogP contribution in [0.15, 0.2) is 4.21 Å². The third-order valence-corrected chi connectivity index (χ3v) is 6.22. The number of likely N-dealkylation sites (tertiary alicyclic amines) is 1. The van der Waals surface area contributed by atoms with Crippen molar-refractivity contribution in [1.29, 1.82) is 0 Å². The molecule has 1 aliphatic rings. The van der Waals surface area contributed by atoms with Crippen LogP contribution < -0.4 is 4.90 Å². The Morgan fingerprint density at radius 3 is 2.32 bits per heavy atom. The Balaban J connectivity index is 2.26. The van der Waals surface area contributed by atoms with Gasteiger partial charge < -0.3 is 9.47 Å². The van der Waals surface area contributed by atoms with E-state index in [0.29, 0.717) is 11.7 Å². The van der Waals surface area contributed by atoms with Gasteiger partial charge in [0.05, 0.1) is 15.9 Å². The van der Waals surface area contributed by atoms with E-state index in [9.17, 15) is 9.59 Å². The Kier molecular flexibility index (Phi) is 6.91. The molecule has 28 heavy (non-hydrogen) atoms. The number of thioether (sulfide) groups is 1. The Bertz CT molecular complexity index is 722. The molecule has 7 nitrogen and oxygen atoms in total. The van der Waals surface area contributed by atoms with E-state index >= 15 is 0 Å². The van der Waals surface area contributed by atoms with Crippen molar-refractivity contribution in [2.24, 2.45) is 0 Å². The van der Waals surface area contributed by atoms with Crippen LogP contribution in [0.3, 0.4) is 0 Å². The summed E-state index contributed by atoms with van der Waals surface area (Å²) in [6.45, 7) is 11.7. The first-order valence-corrected chi connectivity index (χ1v) is 11.4. The van der Waals surface area contributed by atoms with Crippen molar-refractivity contribution in [3.05, 3.63) is 5.69 Å². The molecule has 0 aromatic carbocycles. The molecule has 2 amide bonds. The van der Waals surface area contributed by atoms with Crippen LogP contribution in [0.25, 0.3) is 0 Å². The van der Waals surface area contributed by atoms with E-state index in [1.54, 1.807) is 23.7 Å². The maximum atomic E-state index is 12.6. The van der Waals surface area contributed by atoms with Crippen LogP contribution in [0, 0.1) is 0 Å². The van der Waals surface area contributed by atoms with E-state index in [2.05, 4.69) is 0 Å². The molecule has 158 valence electrons. The summed E-state index contributed by atoms with van der Waals surface area (Å²) in [5, 5.41) is 0.560. The van der Waals surface area contributed by atoms with Gasteiger partial charge in [-0.1, -0.05) is 11.3 Å². The largest absolute Gasteiger partial charge is 0.444 e. The molecule has 0 saturated carbocycles. The van der Waals surface area contributed by atoms with E-state index in [0.717, 1.165) is 22.7 Å². The molecular formula is C19H31N3O4S2. The molecule has 0 radical (unpaired) electrons. The van der Waals surface area contributed by atoms with Gasteiger partial charge in [-0.3, -0.25) is 9.80 Å². The average molecular weight is 430 g/mol. The van der Waals surface area contributed by atoms with Gasteiger partial charge in [0.25, 0.3) is 0 Å². The van der Waals surface area contributed by atoms with Crippen LogP contribution >= 0.6 is 23.1 Å². The molecule has 9 heteroatoms. The van der Waals surface area contributed by atoms with E-state index in [1.165, 1.54) is 16.2 Å². The summed E-state index contributed by atoms with van der Waals surface area (Å²) in [4.78, 5) is 32.9. The molecule has 0 bridgehead atoms. The van der Waals surface area contributed by atoms with Crippen LogP contribution in [-0.4, -0.2) is 53.1 Å². The Hall–Kier alpha value is -1.48. The molecular weight excluding hydrogens is 398 g/mol. The second-order valence-electron chi connectivity index (χ2n) is 8.74. The fraction of sp³-hybridized carbons (Fsp3) is 0.737. The third-order valence-electron chi connectivity index (χ3n) is 3.95. The van der Waals surface area contributed by atoms with Gasteiger partial charge in [-0.25, -0.2) is 14.6 Å². The van der Waals surface area contributed by atoms with Gasteiger partial charge in [-0.15, -0.1) is 11.8 Å². The fourth-order valence-electron chi connectivity index (χ4n) is 2.81. The lowest BCUT2D eigenvalue weighted by atomic mass is 10.2. The first-order valence-electron chi connectivity index (χ1n) is 9.33. The molecule has 1 fully saturated rings. The van der Waals surface area contributed by atoms with E-state index in [4.69, 9.17) is 14.5 Å². The number of carbonyl (C=O) groups excluding carboxylic acids is 2. The third kappa shape index (κ3) is 5.76. The minimum atomic E-state index is -0.577. The summed E-state index contributed by atoms with van der Waals surface area (Å²) in [5.41, 5.74) is -0.296. The Labute approximate surface area is 175 Å². The lowest BCUT2D eigenvalue weighted by Crippen LogP contribution is -2.36. The number of carbonyl (C=O) groups is 2. The number of hydrogen-bond donors (Lipinski definition) is 0. The second kappa shape index (κ2) is 8.49. The number of thiazole rings is 1. The van der Waals surface area contributed by atoms with Gasteiger partial charge in [0, 0.05) is 13.6 Å². The maximum absolute atomic E-state index is 12.6. The van der Waals surface area contributed by atoms with Crippen molar-refractivity contribution >= 4 is 40.4 Å². The zero-order valence-electron chi connectivity index (χ0n) is 18.0. The smallest absolute Gasteiger partial charge is 0.416 e. The molecule has 2 rings (SSSR count). The topological polar surface area (TPSA) is 72.0 Å².